The number of amides is 2. The summed E-state index contributed by atoms with van der Waals surface area (Å²) in [6.07, 6.45) is 1.86. The summed E-state index contributed by atoms with van der Waals surface area (Å²) < 4.78 is 0. The van der Waals surface area contributed by atoms with E-state index in [0.717, 1.165) is 16.8 Å². The Labute approximate surface area is 174 Å². The molecule has 1 aromatic rings. The van der Waals surface area contributed by atoms with Gasteiger partial charge in [-0.25, -0.2) is 4.79 Å². The van der Waals surface area contributed by atoms with Crippen molar-refractivity contribution in [2.24, 2.45) is 17.2 Å². The molecule has 11 heteroatoms. The smallest absolute Gasteiger partial charge is 0.326 e. The predicted octanol–water partition coefficient (Wildman–Crippen LogP) is -3.00. The first kappa shape index (κ1) is 23.4. The van der Waals surface area contributed by atoms with Crippen LogP contribution in [0.2, 0.25) is 0 Å². The first-order valence-electron chi connectivity index (χ1n) is 9.64. The molecule has 0 aromatic heterocycles. The summed E-state index contributed by atoms with van der Waals surface area (Å²) in [6.45, 7) is 0.144. The van der Waals surface area contributed by atoms with Gasteiger partial charge in [0.1, 0.15) is 18.4 Å². The molecule has 0 fully saturated rings. The number of carbonyl (C=O) groups excluding carboxylic acids is 2. The van der Waals surface area contributed by atoms with Crippen molar-refractivity contribution in [1.29, 1.82) is 0 Å². The molecular weight excluding hydrogens is 390 g/mol. The lowest BCUT2D eigenvalue weighted by molar-refractivity contribution is -0.491. The van der Waals surface area contributed by atoms with Crippen LogP contribution in [-0.4, -0.2) is 54.4 Å². The number of fused-ring (bicyclic) bond motifs is 1. The lowest BCUT2D eigenvalue weighted by atomic mass is 9.99. The van der Waals surface area contributed by atoms with Crippen LogP contribution in [0, 0.1) is 0 Å². The molecule has 163 valence electrons. The molecule has 2 unspecified atom stereocenters. The Bertz CT molecular complexity index is 797. The maximum Gasteiger partial charge on any atom is 0.326 e. The van der Waals surface area contributed by atoms with Crippen LogP contribution in [0.15, 0.2) is 30.5 Å². The fraction of sp³-hybridized carbons (Fsp3) is 0.421. The SMILES string of the molecule is NCC(=O)NC(CCCNC(N)N)C(=O)NC(CC1=C[NH+]c2ccccc21)C(=O)O. The fourth-order valence-corrected chi connectivity index (χ4v) is 3.09. The van der Waals surface area contributed by atoms with Crippen LogP contribution in [0.3, 0.4) is 0 Å². The third-order valence-electron chi connectivity index (χ3n) is 4.60. The number of nitrogens with two attached hydrogens (primary N) is 3. The van der Waals surface area contributed by atoms with E-state index in [4.69, 9.17) is 17.2 Å². The highest BCUT2D eigenvalue weighted by Crippen LogP contribution is 2.27. The summed E-state index contributed by atoms with van der Waals surface area (Å²) in [6, 6.07) is 5.39. The molecule has 30 heavy (non-hydrogen) atoms. The normalized spacial score (nSPS) is 14.6. The highest BCUT2D eigenvalue weighted by atomic mass is 16.4. The fourth-order valence-electron chi connectivity index (χ4n) is 3.09. The van der Waals surface area contributed by atoms with E-state index in [2.05, 4.69) is 21.3 Å². The highest BCUT2D eigenvalue weighted by molar-refractivity contribution is 5.91. The second kappa shape index (κ2) is 11.4. The van der Waals surface area contributed by atoms with Crippen molar-refractivity contribution < 1.29 is 24.8 Å². The van der Waals surface area contributed by atoms with Crippen molar-refractivity contribution in [2.75, 3.05) is 13.1 Å². The topological polar surface area (TPSA) is 201 Å². The van der Waals surface area contributed by atoms with Crippen LogP contribution < -0.4 is 38.5 Å². The van der Waals surface area contributed by atoms with Gasteiger partial charge in [0, 0.05) is 23.6 Å². The van der Waals surface area contributed by atoms with Gasteiger partial charge in [-0.15, -0.1) is 5.32 Å². The number of carboxylic acids is 1. The Kier molecular flexibility index (Phi) is 8.89. The third-order valence-corrected chi connectivity index (χ3v) is 4.60. The molecular formula is C19H29N7O4+. The Balaban J connectivity index is 2.02. The van der Waals surface area contributed by atoms with Gasteiger partial charge in [0.15, 0.2) is 11.9 Å². The summed E-state index contributed by atoms with van der Waals surface area (Å²) in [5, 5.41) is 20.5. The standard InChI is InChI=1S/C19H29N7O4/c20-9-16(27)25-14(6-3-7-23-19(21)22)17(28)26-15(18(29)30)8-11-10-24-13-5-2-1-4-12(11)13/h1-2,4-5,10,14-15,19,23-24H,3,6-9,20-22H2,(H,25,27)(H,26,28)(H,29,30)/q+1. The lowest BCUT2D eigenvalue weighted by Crippen LogP contribution is -2.69. The van der Waals surface area contributed by atoms with E-state index in [-0.39, 0.29) is 19.4 Å². The summed E-state index contributed by atoms with van der Waals surface area (Å²) in [7, 11) is 0. The first-order valence-corrected chi connectivity index (χ1v) is 9.64. The van der Waals surface area contributed by atoms with Gasteiger partial charge in [-0.3, -0.25) is 14.9 Å². The van der Waals surface area contributed by atoms with Gasteiger partial charge in [0.25, 0.3) is 0 Å². The molecule has 0 spiro atoms. The summed E-state index contributed by atoms with van der Waals surface area (Å²) in [4.78, 5) is 36.2. The number of para-hydroxylation sites is 1. The number of carboxylic acid groups (broad SMARTS) is 1. The van der Waals surface area contributed by atoms with Crippen LogP contribution in [0.25, 0.3) is 5.57 Å². The van der Waals surface area contributed by atoms with Gasteiger partial charge in [0.2, 0.25) is 11.8 Å². The van der Waals surface area contributed by atoms with E-state index < -0.39 is 36.2 Å². The molecule has 0 saturated heterocycles. The van der Waals surface area contributed by atoms with Crippen molar-refractivity contribution in [2.45, 2.75) is 37.6 Å². The van der Waals surface area contributed by atoms with E-state index in [1.54, 1.807) is 6.20 Å². The zero-order chi connectivity index (χ0) is 22.1. The molecule has 1 aromatic carbocycles. The quantitative estimate of drug-likeness (QED) is 0.129. The van der Waals surface area contributed by atoms with Crippen molar-refractivity contribution in [1.82, 2.24) is 16.0 Å². The average molecular weight is 419 g/mol. The molecule has 2 atom stereocenters. The van der Waals surface area contributed by atoms with Gasteiger partial charge in [-0.2, -0.15) is 0 Å². The molecule has 0 aliphatic carbocycles. The predicted molar refractivity (Wildman–Crippen MR) is 110 cm³/mol. The molecule has 1 aliphatic heterocycles. The molecule has 1 radical (unpaired) electrons. The molecule has 0 bridgehead atoms. The number of anilines is 1. The lowest BCUT2D eigenvalue weighted by Gasteiger charge is -2.21. The Morgan fingerprint density at radius 3 is 2.50 bits per heavy atom. The van der Waals surface area contributed by atoms with E-state index in [1.165, 1.54) is 0 Å². The van der Waals surface area contributed by atoms with Crippen molar-refractivity contribution >= 4 is 29.0 Å². The second-order valence-corrected chi connectivity index (χ2v) is 6.91. The minimum atomic E-state index is -1.17. The van der Waals surface area contributed by atoms with Gasteiger partial charge in [0.05, 0.1) is 6.54 Å². The van der Waals surface area contributed by atoms with Gasteiger partial charge in [-0.05, 0) is 25.5 Å². The number of hydrogen-bond donors (Lipinski definition) is 8. The first-order chi connectivity index (χ1) is 14.3. The minimum absolute atomic E-state index is 0.0895. The number of rotatable bonds is 12. The zero-order valence-electron chi connectivity index (χ0n) is 16.6. The second-order valence-electron chi connectivity index (χ2n) is 6.91. The zero-order valence-corrected chi connectivity index (χ0v) is 16.6. The molecule has 2 amide bonds. The summed E-state index contributed by atoms with van der Waals surface area (Å²) in [5.41, 5.74) is 18.7. The molecule has 11 N–H and O–H groups in total. The third kappa shape index (κ3) is 6.90. The number of nitrogens with one attached hydrogen (secondary N) is 4. The van der Waals surface area contributed by atoms with E-state index in [0.29, 0.717) is 13.0 Å². The Morgan fingerprint density at radius 2 is 1.83 bits per heavy atom. The van der Waals surface area contributed by atoms with Crippen molar-refractivity contribution in [3.63, 3.8) is 0 Å². The maximum absolute atomic E-state index is 12.7. The van der Waals surface area contributed by atoms with Crippen molar-refractivity contribution in [3.05, 3.63) is 36.0 Å². The Morgan fingerprint density at radius 1 is 1.10 bits per heavy atom. The molecule has 11 nitrogen and oxygen atoms in total. The number of benzene rings is 1. The van der Waals surface area contributed by atoms with Crippen LogP contribution in [0.5, 0.6) is 0 Å². The van der Waals surface area contributed by atoms with Gasteiger partial charge >= 0.3 is 5.97 Å². The van der Waals surface area contributed by atoms with Gasteiger partial charge in [-0.1, -0.05) is 12.1 Å². The van der Waals surface area contributed by atoms with E-state index in [9.17, 15) is 19.5 Å². The maximum atomic E-state index is 12.7. The molecule has 2 rings (SSSR count). The van der Waals surface area contributed by atoms with Crippen molar-refractivity contribution in [3.8, 4) is 0 Å². The molecule has 1 aliphatic rings. The minimum Gasteiger partial charge on any atom is -0.480 e. The largest absolute Gasteiger partial charge is 0.480 e. The molecule has 1 heterocycles. The highest BCUT2D eigenvalue weighted by Gasteiger charge is 2.30. The number of carbonyl (C=O) groups is 3. The van der Waals surface area contributed by atoms with Crippen LogP contribution in [-0.2, 0) is 14.4 Å². The Hall–Kier alpha value is -2.83. The number of hydrogen-bond acceptors (Lipinski definition) is 8. The summed E-state index contributed by atoms with van der Waals surface area (Å²) in [5.74, 6) is -2.28. The van der Waals surface area contributed by atoms with Crippen LogP contribution in [0.1, 0.15) is 24.8 Å². The number of aliphatic carboxylic acids is 1. The average Bonchev–Trinajstić information content (AvgIpc) is 3.12. The van der Waals surface area contributed by atoms with E-state index >= 15 is 0 Å². The van der Waals surface area contributed by atoms with Crippen LogP contribution >= 0.6 is 0 Å². The molecule has 0 saturated carbocycles. The van der Waals surface area contributed by atoms with Crippen LogP contribution in [0.4, 0.5) is 5.69 Å². The summed E-state index contributed by atoms with van der Waals surface area (Å²) >= 11 is 0. The van der Waals surface area contributed by atoms with E-state index in [1.807, 2.05) is 24.3 Å². The monoisotopic (exact) mass is 419 g/mol. The van der Waals surface area contributed by atoms with Gasteiger partial charge < -0.3 is 32.9 Å².